The van der Waals surface area contributed by atoms with Crippen LogP contribution in [-0.4, -0.2) is 77.2 Å². The summed E-state index contributed by atoms with van der Waals surface area (Å²) in [6.07, 6.45) is 2.54. The van der Waals surface area contributed by atoms with Gasteiger partial charge in [0.25, 0.3) is 0 Å². The van der Waals surface area contributed by atoms with Crippen LogP contribution in [0.15, 0.2) is 24.3 Å². The second kappa shape index (κ2) is 8.27. The predicted octanol–water partition coefficient (Wildman–Crippen LogP) is 2.09. The lowest BCUT2D eigenvalue weighted by atomic mass is 10.1. The first kappa shape index (κ1) is 19.0. The standard InChI is InChI=1S/C20H32N4O2/c1-20(2,16-23-8-3-4-9-23)21-19(26)24-12-10-22(11-13-24)15-17-6-5-7-18(25)14-17/h5-7,14,25H,3-4,8-13,15-16H2,1-2H3,(H,21,26). The van der Waals surface area contributed by atoms with Crippen LogP contribution < -0.4 is 5.32 Å². The molecule has 2 saturated heterocycles. The number of rotatable bonds is 5. The molecular formula is C20H32N4O2. The second-order valence-electron chi connectivity index (χ2n) is 8.23. The normalized spacial score (nSPS) is 19.7. The fourth-order valence-corrected chi connectivity index (χ4v) is 3.93. The number of piperazine rings is 1. The molecule has 0 saturated carbocycles. The van der Waals surface area contributed by atoms with Crippen LogP contribution in [-0.2, 0) is 6.54 Å². The monoisotopic (exact) mass is 360 g/mol. The molecule has 2 heterocycles. The Kier molecular flexibility index (Phi) is 6.04. The second-order valence-corrected chi connectivity index (χ2v) is 8.23. The molecule has 1 aromatic rings. The molecule has 3 rings (SSSR count). The van der Waals surface area contributed by atoms with E-state index in [9.17, 15) is 9.90 Å². The molecule has 2 amide bonds. The highest BCUT2D eigenvalue weighted by Crippen LogP contribution is 2.16. The van der Waals surface area contributed by atoms with Gasteiger partial charge in [0.1, 0.15) is 5.75 Å². The van der Waals surface area contributed by atoms with E-state index in [1.165, 1.54) is 12.8 Å². The predicted molar refractivity (Wildman–Crippen MR) is 103 cm³/mol. The van der Waals surface area contributed by atoms with E-state index in [0.717, 1.165) is 57.9 Å². The Morgan fingerprint density at radius 2 is 1.77 bits per heavy atom. The SMILES string of the molecule is CC(C)(CN1CCCC1)NC(=O)N1CCN(Cc2cccc(O)c2)CC1. The van der Waals surface area contributed by atoms with E-state index in [-0.39, 0.29) is 11.6 Å². The summed E-state index contributed by atoms with van der Waals surface area (Å²) in [5, 5.41) is 12.8. The molecule has 2 N–H and O–H groups in total. The molecule has 2 aliphatic heterocycles. The highest BCUT2D eigenvalue weighted by atomic mass is 16.3. The van der Waals surface area contributed by atoms with Gasteiger partial charge >= 0.3 is 6.03 Å². The molecule has 0 spiro atoms. The van der Waals surface area contributed by atoms with Gasteiger partial charge in [0.15, 0.2) is 0 Å². The third kappa shape index (κ3) is 5.35. The Morgan fingerprint density at radius 1 is 1.08 bits per heavy atom. The van der Waals surface area contributed by atoms with E-state index in [1.807, 2.05) is 17.0 Å². The first-order chi connectivity index (χ1) is 12.4. The summed E-state index contributed by atoms with van der Waals surface area (Å²) in [6, 6.07) is 7.44. The summed E-state index contributed by atoms with van der Waals surface area (Å²) < 4.78 is 0. The van der Waals surface area contributed by atoms with Crippen LogP contribution in [0.4, 0.5) is 4.79 Å². The highest BCUT2D eigenvalue weighted by Gasteiger charge is 2.28. The van der Waals surface area contributed by atoms with Crippen LogP contribution in [0.3, 0.4) is 0 Å². The van der Waals surface area contributed by atoms with Crippen molar-refractivity contribution in [2.75, 3.05) is 45.8 Å². The third-order valence-electron chi connectivity index (χ3n) is 5.24. The Morgan fingerprint density at radius 3 is 2.42 bits per heavy atom. The summed E-state index contributed by atoms with van der Waals surface area (Å²) in [4.78, 5) is 19.3. The van der Waals surface area contributed by atoms with Gasteiger partial charge < -0.3 is 20.2 Å². The largest absolute Gasteiger partial charge is 0.508 e. The number of phenols is 1. The number of phenolic OH excluding ortho intramolecular Hbond substituents is 1. The minimum Gasteiger partial charge on any atom is -0.508 e. The average molecular weight is 361 g/mol. The zero-order valence-corrected chi connectivity index (χ0v) is 16.1. The minimum absolute atomic E-state index is 0.0474. The van der Waals surface area contributed by atoms with Crippen LogP contribution in [0.2, 0.25) is 0 Å². The average Bonchev–Trinajstić information content (AvgIpc) is 3.07. The van der Waals surface area contributed by atoms with E-state index in [2.05, 4.69) is 29.0 Å². The number of benzene rings is 1. The number of carbonyl (C=O) groups is 1. The minimum atomic E-state index is -0.208. The van der Waals surface area contributed by atoms with E-state index >= 15 is 0 Å². The van der Waals surface area contributed by atoms with Crippen molar-refractivity contribution in [1.29, 1.82) is 0 Å². The van der Waals surface area contributed by atoms with E-state index in [4.69, 9.17) is 0 Å². The number of hydrogen-bond acceptors (Lipinski definition) is 4. The van der Waals surface area contributed by atoms with Gasteiger partial charge in [-0.25, -0.2) is 4.79 Å². The molecule has 2 aliphatic rings. The first-order valence-corrected chi connectivity index (χ1v) is 9.71. The Hall–Kier alpha value is -1.79. The van der Waals surface area contributed by atoms with Crippen molar-refractivity contribution in [3.8, 4) is 5.75 Å². The number of likely N-dealkylation sites (tertiary alicyclic amines) is 1. The Bertz CT molecular complexity index is 606. The molecule has 0 unspecified atom stereocenters. The third-order valence-corrected chi connectivity index (χ3v) is 5.24. The topological polar surface area (TPSA) is 59.1 Å². The van der Waals surface area contributed by atoms with Gasteiger partial charge in [-0.05, 0) is 57.5 Å². The lowest BCUT2D eigenvalue weighted by molar-refractivity contribution is 0.126. The number of aromatic hydroxyl groups is 1. The zero-order valence-electron chi connectivity index (χ0n) is 16.1. The molecule has 2 fully saturated rings. The van der Waals surface area contributed by atoms with Crippen molar-refractivity contribution in [3.05, 3.63) is 29.8 Å². The molecule has 1 aromatic carbocycles. The maximum atomic E-state index is 12.6. The molecule has 144 valence electrons. The van der Waals surface area contributed by atoms with Crippen LogP contribution in [0.5, 0.6) is 5.75 Å². The smallest absolute Gasteiger partial charge is 0.317 e. The number of hydrogen-bond donors (Lipinski definition) is 2. The van der Waals surface area contributed by atoms with Crippen LogP contribution in [0.1, 0.15) is 32.3 Å². The molecule has 0 aromatic heterocycles. The maximum absolute atomic E-state index is 12.6. The van der Waals surface area contributed by atoms with Crippen molar-refractivity contribution >= 4 is 6.03 Å². The van der Waals surface area contributed by atoms with Crippen LogP contribution >= 0.6 is 0 Å². The molecule has 0 bridgehead atoms. The number of nitrogens with zero attached hydrogens (tertiary/aromatic N) is 3. The van der Waals surface area contributed by atoms with Gasteiger partial charge in [-0.15, -0.1) is 0 Å². The quantitative estimate of drug-likeness (QED) is 0.844. The van der Waals surface area contributed by atoms with E-state index in [0.29, 0.717) is 5.75 Å². The molecule has 6 heteroatoms. The lowest BCUT2D eigenvalue weighted by Crippen LogP contribution is -2.58. The Balaban J connectivity index is 1.44. The van der Waals surface area contributed by atoms with Crippen LogP contribution in [0, 0.1) is 0 Å². The maximum Gasteiger partial charge on any atom is 0.317 e. The van der Waals surface area contributed by atoms with Gasteiger partial charge in [0, 0.05) is 44.8 Å². The van der Waals surface area contributed by atoms with Crippen molar-refractivity contribution < 1.29 is 9.90 Å². The van der Waals surface area contributed by atoms with Crippen molar-refractivity contribution in [2.24, 2.45) is 0 Å². The fourth-order valence-electron chi connectivity index (χ4n) is 3.93. The number of urea groups is 1. The summed E-state index contributed by atoms with van der Waals surface area (Å²) in [7, 11) is 0. The van der Waals surface area contributed by atoms with Gasteiger partial charge in [0.05, 0.1) is 0 Å². The van der Waals surface area contributed by atoms with Crippen molar-refractivity contribution in [2.45, 2.75) is 38.8 Å². The van der Waals surface area contributed by atoms with Gasteiger partial charge in [-0.3, -0.25) is 4.90 Å². The highest BCUT2D eigenvalue weighted by molar-refractivity contribution is 5.75. The van der Waals surface area contributed by atoms with Gasteiger partial charge in [0.2, 0.25) is 0 Å². The summed E-state index contributed by atoms with van der Waals surface area (Å²) in [5.74, 6) is 0.306. The summed E-state index contributed by atoms with van der Waals surface area (Å²) >= 11 is 0. The molecule has 6 nitrogen and oxygen atoms in total. The van der Waals surface area contributed by atoms with Crippen molar-refractivity contribution in [1.82, 2.24) is 20.0 Å². The molecule has 0 radical (unpaired) electrons. The molecule has 26 heavy (non-hydrogen) atoms. The lowest BCUT2D eigenvalue weighted by Gasteiger charge is -2.38. The first-order valence-electron chi connectivity index (χ1n) is 9.71. The van der Waals surface area contributed by atoms with Gasteiger partial charge in [-0.2, -0.15) is 0 Å². The van der Waals surface area contributed by atoms with E-state index in [1.54, 1.807) is 12.1 Å². The number of amides is 2. The van der Waals surface area contributed by atoms with Crippen molar-refractivity contribution in [3.63, 3.8) is 0 Å². The summed E-state index contributed by atoms with van der Waals surface area (Å²) in [5.41, 5.74) is 0.898. The Labute approximate surface area is 156 Å². The number of nitrogens with one attached hydrogen (secondary N) is 1. The van der Waals surface area contributed by atoms with Crippen LogP contribution in [0.25, 0.3) is 0 Å². The molecular weight excluding hydrogens is 328 g/mol. The fraction of sp³-hybridized carbons (Fsp3) is 0.650. The zero-order chi connectivity index (χ0) is 18.6. The van der Waals surface area contributed by atoms with E-state index < -0.39 is 0 Å². The molecule has 0 atom stereocenters. The molecule has 0 aliphatic carbocycles. The number of carbonyl (C=O) groups excluding carboxylic acids is 1. The summed E-state index contributed by atoms with van der Waals surface area (Å²) in [6.45, 7) is 11.4. The van der Waals surface area contributed by atoms with Gasteiger partial charge in [-0.1, -0.05) is 12.1 Å².